The van der Waals surface area contributed by atoms with Gasteiger partial charge in [-0.15, -0.1) is 11.3 Å². The molecule has 0 bridgehead atoms. The monoisotopic (exact) mass is 422 g/mol. The van der Waals surface area contributed by atoms with Gasteiger partial charge in [0.1, 0.15) is 6.04 Å². The van der Waals surface area contributed by atoms with Gasteiger partial charge in [-0.25, -0.2) is 0 Å². The lowest BCUT2D eigenvalue weighted by Crippen LogP contribution is -2.48. The van der Waals surface area contributed by atoms with Crippen LogP contribution in [0.25, 0.3) is 6.08 Å². The molecule has 7 heteroatoms. The largest absolute Gasteiger partial charge is 0.385 e. The van der Waals surface area contributed by atoms with E-state index >= 15 is 0 Å². The number of carbonyl (C=O) groups excluding carboxylic acids is 3. The maximum Gasteiger partial charge on any atom is 0.235 e. The number of carbonyl (C=O) groups is 3. The number of imide groups is 1. The minimum atomic E-state index is -0.686. The molecule has 0 aliphatic carbocycles. The lowest BCUT2D eigenvalue weighted by molar-refractivity contribution is -0.140. The summed E-state index contributed by atoms with van der Waals surface area (Å²) in [6.07, 6.45) is 4.56. The molecule has 2 saturated heterocycles. The fraction of sp³-hybridized carbons (Fsp3) is 0.348. The third-order valence-electron chi connectivity index (χ3n) is 6.27. The number of ketones is 1. The minimum absolute atomic E-state index is 0.0903. The summed E-state index contributed by atoms with van der Waals surface area (Å²) < 4.78 is 5.08. The zero-order valence-electron chi connectivity index (χ0n) is 16.6. The molecule has 0 unspecified atom stereocenters. The van der Waals surface area contributed by atoms with Gasteiger partial charge in [-0.3, -0.25) is 19.3 Å². The molecule has 3 aliphatic rings. The van der Waals surface area contributed by atoms with Gasteiger partial charge in [-0.1, -0.05) is 36.4 Å². The van der Waals surface area contributed by atoms with E-state index < -0.39 is 17.9 Å². The standard InChI is InChI=1S/C23H22N2O4S/c1-29-12-5-11-24-22(27)18-16-10-9-14-6-2-3-7-15(14)25(16)20(19(18)23(24)28)21(26)17-8-4-13-30-17/h2-4,6-10,13,16,18-20H,5,11-12H2,1H3/t16-,18+,19-,20-/m1/s1. The first kappa shape index (κ1) is 19.2. The summed E-state index contributed by atoms with van der Waals surface area (Å²) in [6.45, 7) is 0.804. The first-order valence-electron chi connectivity index (χ1n) is 10.1. The molecule has 5 rings (SSSR count). The molecule has 0 radical (unpaired) electrons. The van der Waals surface area contributed by atoms with Crippen molar-refractivity contribution in [3.8, 4) is 0 Å². The highest BCUT2D eigenvalue weighted by Crippen LogP contribution is 2.49. The van der Waals surface area contributed by atoms with Crippen molar-refractivity contribution in [3.05, 3.63) is 58.3 Å². The van der Waals surface area contributed by atoms with E-state index in [1.165, 1.54) is 16.2 Å². The molecular weight excluding hydrogens is 400 g/mol. The summed E-state index contributed by atoms with van der Waals surface area (Å²) in [7, 11) is 1.60. The van der Waals surface area contributed by atoms with Crippen molar-refractivity contribution in [1.29, 1.82) is 0 Å². The Kier molecular flexibility index (Phi) is 4.79. The highest BCUT2D eigenvalue weighted by Gasteiger charge is 2.63. The predicted octanol–water partition coefficient (Wildman–Crippen LogP) is 2.85. The van der Waals surface area contributed by atoms with Crippen LogP contribution in [0, 0.1) is 11.8 Å². The molecule has 2 fully saturated rings. The van der Waals surface area contributed by atoms with Gasteiger partial charge in [0.15, 0.2) is 5.78 Å². The van der Waals surface area contributed by atoms with Gasteiger partial charge in [0.05, 0.1) is 22.8 Å². The number of benzene rings is 1. The molecule has 2 aromatic rings. The number of thiophene rings is 1. The van der Waals surface area contributed by atoms with Crippen molar-refractivity contribution >= 4 is 40.7 Å². The number of likely N-dealkylation sites (tertiary alicyclic amines) is 1. The van der Waals surface area contributed by atoms with E-state index in [0.29, 0.717) is 24.4 Å². The maximum atomic E-state index is 13.6. The number of Topliss-reactive ketones (excluding diaryl/α,β-unsaturated/α-hetero) is 1. The summed E-state index contributed by atoms with van der Waals surface area (Å²) >= 11 is 1.37. The number of amides is 2. The zero-order valence-corrected chi connectivity index (χ0v) is 17.4. The van der Waals surface area contributed by atoms with Gasteiger partial charge in [0, 0.05) is 25.9 Å². The van der Waals surface area contributed by atoms with Crippen LogP contribution >= 0.6 is 11.3 Å². The molecule has 0 saturated carbocycles. The van der Waals surface area contributed by atoms with Gasteiger partial charge in [-0.05, 0) is 29.5 Å². The topological polar surface area (TPSA) is 66.9 Å². The zero-order chi connectivity index (χ0) is 20.8. The third-order valence-corrected chi connectivity index (χ3v) is 7.15. The Bertz CT molecular complexity index is 1030. The van der Waals surface area contributed by atoms with Crippen molar-refractivity contribution < 1.29 is 19.1 Å². The number of para-hydroxylation sites is 1. The quantitative estimate of drug-likeness (QED) is 0.407. The summed E-state index contributed by atoms with van der Waals surface area (Å²) in [5.41, 5.74) is 1.90. The van der Waals surface area contributed by atoms with Crippen molar-refractivity contribution in [2.45, 2.75) is 18.5 Å². The van der Waals surface area contributed by atoms with E-state index in [4.69, 9.17) is 4.74 Å². The lowest BCUT2D eigenvalue weighted by atomic mass is 9.87. The van der Waals surface area contributed by atoms with Crippen LogP contribution in [0.2, 0.25) is 0 Å². The van der Waals surface area contributed by atoms with Crippen LogP contribution in [0.4, 0.5) is 5.69 Å². The van der Waals surface area contributed by atoms with Crippen molar-refractivity contribution in [2.75, 3.05) is 25.2 Å². The molecule has 0 spiro atoms. The Labute approximate surface area is 178 Å². The van der Waals surface area contributed by atoms with Crippen LogP contribution in [-0.4, -0.2) is 54.8 Å². The van der Waals surface area contributed by atoms with Gasteiger partial charge >= 0.3 is 0 Å². The van der Waals surface area contributed by atoms with E-state index in [2.05, 4.69) is 0 Å². The molecule has 3 aliphatic heterocycles. The SMILES string of the molecule is COCCCN1C(=O)[C@@H]2[C@@H](C1=O)[C@H](C(=O)c1cccs1)N1c3ccccc3C=C[C@H]21. The van der Waals surface area contributed by atoms with E-state index in [0.717, 1.165) is 11.3 Å². The minimum Gasteiger partial charge on any atom is -0.385 e. The summed E-state index contributed by atoms with van der Waals surface area (Å²) in [5, 5.41) is 1.86. The van der Waals surface area contributed by atoms with Crippen LogP contribution < -0.4 is 4.90 Å². The average molecular weight is 423 g/mol. The van der Waals surface area contributed by atoms with Gasteiger partial charge in [0.2, 0.25) is 11.8 Å². The number of methoxy groups -OCH3 is 1. The Morgan fingerprint density at radius 2 is 1.90 bits per heavy atom. The lowest BCUT2D eigenvalue weighted by Gasteiger charge is -2.36. The fourth-order valence-corrected chi connectivity index (χ4v) is 5.72. The molecule has 4 heterocycles. The average Bonchev–Trinajstić information content (AvgIpc) is 3.46. The number of hydrogen-bond acceptors (Lipinski definition) is 6. The predicted molar refractivity (Wildman–Crippen MR) is 114 cm³/mol. The smallest absolute Gasteiger partial charge is 0.235 e. The molecule has 30 heavy (non-hydrogen) atoms. The van der Waals surface area contributed by atoms with Gasteiger partial charge < -0.3 is 9.64 Å². The van der Waals surface area contributed by atoms with E-state index in [1.807, 2.05) is 52.8 Å². The number of anilines is 1. The Hall–Kier alpha value is -2.77. The summed E-state index contributed by atoms with van der Waals surface area (Å²) in [4.78, 5) is 44.2. The van der Waals surface area contributed by atoms with Crippen LogP contribution in [0.5, 0.6) is 0 Å². The van der Waals surface area contributed by atoms with E-state index in [9.17, 15) is 14.4 Å². The van der Waals surface area contributed by atoms with Gasteiger partial charge in [0.25, 0.3) is 0 Å². The third kappa shape index (κ3) is 2.76. The van der Waals surface area contributed by atoms with Gasteiger partial charge in [-0.2, -0.15) is 0 Å². The molecular formula is C23H22N2O4S. The Morgan fingerprint density at radius 3 is 2.67 bits per heavy atom. The number of rotatable bonds is 6. The molecule has 1 aromatic heterocycles. The van der Waals surface area contributed by atoms with Crippen molar-refractivity contribution in [1.82, 2.24) is 4.90 Å². The van der Waals surface area contributed by atoms with E-state index in [1.54, 1.807) is 13.2 Å². The molecule has 4 atom stereocenters. The van der Waals surface area contributed by atoms with E-state index in [-0.39, 0.29) is 23.6 Å². The number of ether oxygens (including phenoxy) is 1. The van der Waals surface area contributed by atoms with Crippen LogP contribution in [0.15, 0.2) is 47.9 Å². The Morgan fingerprint density at radius 1 is 1.10 bits per heavy atom. The second-order valence-corrected chi connectivity index (χ2v) is 8.78. The highest BCUT2D eigenvalue weighted by molar-refractivity contribution is 7.12. The fourth-order valence-electron chi connectivity index (χ4n) is 5.03. The normalized spacial score (nSPS) is 26.7. The summed E-state index contributed by atoms with van der Waals surface area (Å²) in [5.74, 6) is -1.72. The number of nitrogens with zero attached hydrogens (tertiary/aromatic N) is 2. The van der Waals surface area contributed by atoms with Crippen LogP contribution in [-0.2, 0) is 14.3 Å². The van der Waals surface area contributed by atoms with Crippen molar-refractivity contribution in [2.24, 2.45) is 11.8 Å². The van der Waals surface area contributed by atoms with Crippen LogP contribution in [0.1, 0.15) is 21.7 Å². The van der Waals surface area contributed by atoms with Crippen molar-refractivity contribution in [3.63, 3.8) is 0 Å². The Balaban J connectivity index is 1.58. The highest BCUT2D eigenvalue weighted by atomic mass is 32.1. The molecule has 0 N–H and O–H groups in total. The second-order valence-electron chi connectivity index (χ2n) is 7.83. The summed E-state index contributed by atoms with van der Waals surface area (Å²) in [6, 6.07) is 10.5. The molecule has 1 aromatic carbocycles. The maximum absolute atomic E-state index is 13.6. The second kappa shape index (κ2) is 7.49. The number of fused-ring (bicyclic) bond motifs is 5. The first-order valence-corrected chi connectivity index (χ1v) is 11.0. The first-order chi connectivity index (χ1) is 14.6. The molecule has 154 valence electrons. The number of hydrogen-bond donors (Lipinski definition) is 0. The molecule has 2 amide bonds. The van der Waals surface area contributed by atoms with Crippen LogP contribution in [0.3, 0.4) is 0 Å². The molecule has 6 nitrogen and oxygen atoms in total.